The van der Waals surface area contributed by atoms with Crippen molar-refractivity contribution in [3.63, 3.8) is 0 Å². The van der Waals surface area contributed by atoms with Crippen molar-refractivity contribution in [2.45, 2.75) is 29.3 Å². The summed E-state index contributed by atoms with van der Waals surface area (Å²) in [4.78, 5) is 34.9. The van der Waals surface area contributed by atoms with Crippen LogP contribution in [-0.4, -0.2) is 50.5 Å². The van der Waals surface area contributed by atoms with E-state index in [1.807, 2.05) is 44.1 Å². The Balaban J connectivity index is 1.58. The van der Waals surface area contributed by atoms with Crippen molar-refractivity contribution in [2.75, 3.05) is 28.8 Å². The van der Waals surface area contributed by atoms with Crippen LogP contribution in [-0.2, 0) is 14.6 Å². The molecule has 12 heteroatoms. The molecule has 1 spiro atoms. The minimum Gasteiger partial charge on any atom is -0.378 e. The highest BCUT2D eigenvalue weighted by Gasteiger charge is 2.70. The van der Waals surface area contributed by atoms with E-state index in [9.17, 15) is 31.2 Å². The van der Waals surface area contributed by atoms with Gasteiger partial charge in [0.25, 0.3) is 15.7 Å². The number of pyridine rings is 1. The molecule has 1 aromatic heterocycles. The first-order valence-electron chi connectivity index (χ1n) is 11.0. The van der Waals surface area contributed by atoms with Crippen molar-refractivity contribution >= 4 is 49.7 Å². The number of hydrogen-bond acceptors (Lipinski definition) is 6. The molecule has 1 aliphatic carbocycles. The number of benzene rings is 2. The predicted octanol–water partition coefficient (Wildman–Crippen LogP) is 4.35. The maximum atomic E-state index is 13.7. The molecule has 5 rings (SSSR count). The second-order valence-corrected chi connectivity index (χ2v) is 11.1. The molecule has 0 bridgehead atoms. The lowest BCUT2D eigenvalue weighted by Gasteiger charge is -2.24. The van der Waals surface area contributed by atoms with E-state index < -0.39 is 37.7 Å². The molecule has 36 heavy (non-hydrogen) atoms. The third-order valence-electron chi connectivity index (χ3n) is 6.80. The third-order valence-corrected chi connectivity index (χ3v) is 8.30. The van der Waals surface area contributed by atoms with Crippen LogP contribution >= 0.6 is 0 Å². The molecule has 2 aliphatic rings. The van der Waals surface area contributed by atoms with Crippen LogP contribution in [0.15, 0.2) is 59.6 Å². The van der Waals surface area contributed by atoms with Gasteiger partial charge in [-0.15, -0.1) is 0 Å². The van der Waals surface area contributed by atoms with Crippen molar-refractivity contribution in [3.05, 3.63) is 54.7 Å². The molecule has 3 aromatic rings. The van der Waals surface area contributed by atoms with Crippen molar-refractivity contribution in [1.29, 1.82) is 0 Å². The van der Waals surface area contributed by atoms with Gasteiger partial charge in [0.15, 0.2) is 0 Å². The van der Waals surface area contributed by atoms with E-state index in [0.29, 0.717) is 23.0 Å². The summed E-state index contributed by atoms with van der Waals surface area (Å²) in [5.74, 6) is -0.672. The van der Waals surface area contributed by atoms with Crippen molar-refractivity contribution < 1.29 is 31.2 Å². The van der Waals surface area contributed by atoms with Crippen LogP contribution in [0.25, 0.3) is 10.9 Å². The van der Waals surface area contributed by atoms with E-state index in [1.165, 1.54) is 4.90 Å². The van der Waals surface area contributed by atoms with Crippen LogP contribution in [0.1, 0.15) is 13.3 Å². The quantitative estimate of drug-likeness (QED) is 0.477. The predicted molar refractivity (Wildman–Crippen MR) is 128 cm³/mol. The Hall–Kier alpha value is -3.67. The maximum absolute atomic E-state index is 13.7. The van der Waals surface area contributed by atoms with E-state index >= 15 is 0 Å². The second kappa shape index (κ2) is 7.66. The van der Waals surface area contributed by atoms with Gasteiger partial charge in [-0.25, -0.2) is 18.1 Å². The summed E-state index contributed by atoms with van der Waals surface area (Å²) in [5.41, 5.74) is -4.59. The number of sulfone groups is 1. The van der Waals surface area contributed by atoms with Gasteiger partial charge in [0.05, 0.1) is 21.8 Å². The standard InChI is InChI=1S/C24H21F3N4O4S/c1-14-13-23(14)21(32)30(15-4-7-17(8-5-15)36(34,35)24(25,26)27)22(33)31(23)20-10-11-28-19-12-16(29(2)3)6-9-18(19)20/h4-12,14H,13H2,1-3H3. The number of hydrogen-bond donors (Lipinski definition) is 0. The minimum absolute atomic E-state index is 0.0136. The Bertz CT molecular complexity index is 1520. The Kier molecular flexibility index (Phi) is 5.12. The molecular formula is C24H21F3N4O4S. The molecule has 8 nitrogen and oxygen atoms in total. The molecule has 0 radical (unpaired) electrons. The lowest BCUT2D eigenvalue weighted by atomic mass is 10.1. The summed E-state index contributed by atoms with van der Waals surface area (Å²) in [6, 6.07) is 10.1. The number of fused-ring (bicyclic) bond motifs is 1. The lowest BCUT2D eigenvalue weighted by Crippen LogP contribution is -2.39. The molecule has 1 saturated heterocycles. The minimum atomic E-state index is -5.56. The second-order valence-electron chi connectivity index (χ2n) is 9.16. The molecule has 3 amide bonds. The fourth-order valence-corrected chi connectivity index (χ4v) is 5.47. The number of urea groups is 1. The SMILES string of the molecule is CC1CC12C(=O)N(c1ccc(S(=O)(=O)C(F)(F)F)cc1)C(=O)N2c1ccnc2cc(N(C)C)ccc12. The fraction of sp³-hybridized carbons (Fsp3) is 0.292. The first kappa shape index (κ1) is 24.0. The number of nitrogens with zero attached hydrogens (tertiary/aromatic N) is 4. The normalized spacial score (nSPS) is 22.1. The molecule has 2 aromatic carbocycles. The largest absolute Gasteiger partial charge is 0.501 e. The molecule has 0 N–H and O–H groups in total. The average molecular weight is 519 g/mol. The Morgan fingerprint density at radius 2 is 1.69 bits per heavy atom. The third kappa shape index (κ3) is 3.27. The zero-order valence-electron chi connectivity index (χ0n) is 19.4. The van der Waals surface area contributed by atoms with Crippen molar-refractivity contribution in [1.82, 2.24) is 4.98 Å². The molecule has 2 heterocycles. The number of anilines is 3. The van der Waals surface area contributed by atoms with Gasteiger partial charge in [-0.3, -0.25) is 14.7 Å². The van der Waals surface area contributed by atoms with Gasteiger partial charge >= 0.3 is 11.5 Å². The smallest absolute Gasteiger partial charge is 0.378 e. The number of alkyl halides is 3. The molecule has 2 atom stereocenters. The molecule has 1 saturated carbocycles. The summed E-state index contributed by atoms with van der Waals surface area (Å²) in [6.45, 7) is 1.84. The molecule has 188 valence electrons. The van der Waals surface area contributed by atoms with E-state index in [2.05, 4.69) is 4.98 Å². The van der Waals surface area contributed by atoms with Gasteiger partial charge < -0.3 is 4.90 Å². The zero-order valence-corrected chi connectivity index (χ0v) is 20.3. The highest BCUT2D eigenvalue weighted by Crippen LogP contribution is 2.56. The summed E-state index contributed by atoms with van der Waals surface area (Å²) in [6.07, 6.45) is 1.96. The Labute approximate surface area is 204 Å². The van der Waals surface area contributed by atoms with E-state index in [4.69, 9.17) is 0 Å². The van der Waals surface area contributed by atoms with E-state index in [-0.39, 0.29) is 11.6 Å². The van der Waals surface area contributed by atoms with Crippen LogP contribution in [0.3, 0.4) is 0 Å². The summed E-state index contributed by atoms with van der Waals surface area (Å²) in [7, 11) is -1.79. The van der Waals surface area contributed by atoms with Gasteiger partial charge in [-0.2, -0.15) is 13.2 Å². The maximum Gasteiger partial charge on any atom is 0.501 e. The topological polar surface area (TPSA) is 90.9 Å². The lowest BCUT2D eigenvalue weighted by molar-refractivity contribution is -0.119. The number of imide groups is 1. The zero-order chi connectivity index (χ0) is 26.2. The number of carbonyl (C=O) groups excluding carboxylic acids is 2. The molecule has 2 fully saturated rings. The number of halogens is 3. The number of rotatable bonds is 4. The van der Waals surface area contributed by atoms with E-state index in [1.54, 1.807) is 12.3 Å². The first-order valence-corrected chi connectivity index (χ1v) is 12.5. The highest BCUT2D eigenvalue weighted by atomic mass is 32.2. The molecular weight excluding hydrogens is 497 g/mol. The van der Waals surface area contributed by atoms with Gasteiger partial charge in [0.1, 0.15) is 5.54 Å². The van der Waals surface area contributed by atoms with Gasteiger partial charge in [0.2, 0.25) is 0 Å². The van der Waals surface area contributed by atoms with Crippen LogP contribution in [0.4, 0.5) is 35.0 Å². The number of aromatic nitrogens is 1. The highest BCUT2D eigenvalue weighted by molar-refractivity contribution is 7.92. The Morgan fingerprint density at radius 1 is 1.06 bits per heavy atom. The van der Waals surface area contributed by atoms with Crippen LogP contribution in [0.2, 0.25) is 0 Å². The average Bonchev–Trinajstić information content (AvgIpc) is 3.43. The van der Waals surface area contributed by atoms with Gasteiger partial charge in [-0.1, -0.05) is 6.92 Å². The number of carbonyl (C=O) groups is 2. The van der Waals surface area contributed by atoms with E-state index in [0.717, 1.165) is 34.9 Å². The van der Waals surface area contributed by atoms with Crippen LogP contribution in [0, 0.1) is 5.92 Å². The summed E-state index contributed by atoms with van der Waals surface area (Å²) >= 11 is 0. The summed E-state index contributed by atoms with van der Waals surface area (Å²) in [5, 5.41) is 0.663. The van der Waals surface area contributed by atoms with Crippen molar-refractivity contribution in [3.8, 4) is 0 Å². The number of amides is 3. The monoisotopic (exact) mass is 518 g/mol. The summed E-state index contributed by atoms with van der Waals surface area (Å²) < 4.78 is 62.2. The van der Waals surface area contributed by atoms with Gasteiger partial charge in [0, 0.05) is 31.4 Å². The molecule has 1 aliphatic heterocycles. The van der Waals surface area contributed by atoms with Crippen molar-refractivity contribution in [2.24, 2.45) is 5.92 Å². The van der Waals surface area contributed by atoms with Crippen LogP contribution in [0.5, 0.6) is 0 Å². The molecule has 2 unspecified atom stereocenters. The van der Waals surface area contributed by atoms with Gasteiger partial charge in [-0.05, 0) is 60.9 Å². The Morgan fingerprint density at radius 3 is 2.25 bits per heavy atom. The first-order chi connectivity index (χ1) is 16.8. The van der Waals surface area contributed by atoms with Crippen LogP contribution < -0.4 is 14.7 Å². The fourth-order valence-electron chi connectivity index (χ4n) is 4.71.